The van der Waals surface area contributed by atoms with Crippen LogP contribution in [0.3, 0.4) is 0 Å². The Labute approximate surface area is 82.9 Å². The summed E-state index contributed by atoms with van der Waals surface area (Å²) in [6.07, 6.45) is -1.23. The van der Waals surface area contributed by atoms with Crippen molar-refractivity contribution in [1.29, 1.82) is 0 Å². The van der Waals surface area contributed by atoms with Crippen LogP contribution in [0.5, 0.6) is 0 Å². The largest absolute Gasteiger partial charge is 0.394 e. The Balaban J connectivity index is 2.04. The lowest BCUT2D eigenvalue weighted by molar-refractivity contribution is -0.353. The second-order valence-corrected chi connectivity index (χ2v) is 3.60. The SMILES string of the molecule is C[C@@H]1OC[C@@H]2O[C@H](C)O[C@H](CO)[C@@H]2O1. The molecule has 2 saturated heterocycles. The number of ether oxygens (including phenoxy) is 4. The van der Waals surface area contributed by atoms with Crippen molar-refractivity contribution < 1.29 is 24.1 Å². The third-order valence-electron chi connectivity index (χ3n) is 2.49. The predicted molar refractivity (Wildman–Crippen MR) is 46.6 cm³/mol. The Morgan fingerprint density at radius 1 is 1.14 bits per heavy atom. The zero-order valence-corrected chi connectivity index (χ0v) is 8.38. The van der Waals surface area contributed by atoms with Gasteiger partial charge in [-0.15, -0.1) is 0 Å². The van der Waals surface area contributed by atoms with Gasteiger partial charge in [0.25, 0.3) is 0 Å². The van der Waals surface area contributed by atoms with Gasteiger partial charge in [0.05, 0.1) is 13.2 Å². The molecule has 5 nitrogen and oxygen atoms in total. The van der Waals surface area contributed by atoms with Crippen molar-refractivity contribution in [1.82, 2.24) is 0 Å². The summed E-state index contributed by atoms with van der Waals surface area (Å²) >= 11 is 0. The lowest BCUT2D eigenvalue weighted by Gasteiger charge is -2.44. The molecule has 0 aliphatic carbocycles. The molecule has 2 aliphatic heterocycles. The van der Waals surface area contributed by atoms with Crippen LogP contribution < -0.4 is 0 Å². The van der Waals surface area contributed by atoms with Crippen LogP contribution in [0, 0.1) is 0 Å². The normalized spacial score (nSPS) is 48.6. The van der Waals surface area contributed by atoms with Crippen molar-refractivity contribution in [2.75, 3.05) is 13.2 Å². The summed E-state index contributed by atoms with van der Waals surface area (Å²) in [6.45, 7) is 4.07. The van der Waals surface area contributed by atoms with Gasteiger partial charge < -0.3 is 24.1 Å². The Hall–Kier alpha value is -0.200. The van der Waals surface area contributed by atoms with Crippen LogP contribution >= 0.6 is 0 Å². The second kappa shape index (κ2) is 4.12. The zero-order valence-electron chi connectivity index (χ0n) is 8.38. The molecule has 2 rings (SSSR count). The third-order valence-corrected chi connectivity index (χ3v) is 2.49. The molecule has 2 aliphatic rings. The summed E-state index contributed by atoms with van der Waals surface area (Å²) in [5.41, 5.74) is 0. The molecule has 0 unspecified atom stereocenters. The van der Waals surface area contributed by atoms with Crippen molar-refractivity contribution in [3.05, 3.63) is 0 Å². The molecule has 5 heteroatoms. The molecule has 0 aromatic rings. The first-order valence-electron chi connectivity index (χ1n) is 4.89. The Kier molecular flexibility index (Phi) is 3.04. The van der Waals surface area contributed by atoms with Crippen LogP contribution in [-0.2, 0) is 18.9 Å². The van der Waals surface area contributed by atoms with Gasteiger partial charge in [0.15, 0.2) is 12.6 Å². The average Bonchev–Trinajstić information content (AvgIpc) is 2.17. The summed E-state index contributed by atoms with van der Waals surface area (Å²) in [6, 6.07) is 0. The van der Waals surface area contributed by atoms with E-state index in [2.05, 4.69) is 0 Å². The number of aliphatic hydroxyl groups excluding tert-OH is 1. The van der Waals surface area contributed by atoms with Crippen molar-refractivity contribution in [3.63, 3.8) is 0 Å². The van der Waals surface area contributed by atoms with Crippen molar-refractivity contribution in [2.24, 2.45) is 0 Å². The van der Waals surface area contributed by atoms with E-state index in [4.69, 9.17) is 24.1 Å². The van der Waals surface area contributed by atoms with Gasteiger partial charge in [0.1, 0.15) is 18.3 Å². The van der Waals surface area contributed by atoms with Gasteiger partial charge in [-0.3, -0.25) is 0 Å². The van der Waals surface area contributed by atoms with Crippen LogP contribution in [0.1, 0.15) is 13.8 Å². The smallest absolute Gasteiger partial charge is 0.156 e. The summed E-state index contributed by atoms with van der Waals surface area (Å²) in [5.74, 6) is 0. The number of aliphatic hydroxyl groups is 1. The minimum absolute atomic E-state index is 0.0540. The van der Waals surface area contributed by atoms with Crippen LogP contribution in [0.4, 0.5) is 0 Å². The Morgan fingerprint density at radius 3 is 2.64 bits per heavy atom. The molecule has 82 valence electrons. The molecule has 14 heavy (non-hydrogen) atoms. The topological polar surface area (TPSA) is 57.2 Å². The van der Waals surface area contributed by atoms with Gasteiger partial charge in [0, 0.05) is 0 Å². The molecule has 0 radical (unpaired) electrons. The fourth-order valence-electron chi connectivity index (χ4n) is 1.87. The maximum Gasteiger partial charge on any atom is 0.156 e. The van der Waals surface area contributed by atoms with E-state index >= 15 is 0 Å². The van der Waals surface area contributed by atoms with Crippen molar-refractivity contribution in [2.45, 2.75) is 44.7 Å². The molecule has 0 spiro atoms. The van der Waals surface area contributed by atoms with E-state index in [1.165, 1.54) is 0 Å². The quantitative estimate of drug-likeness (QED) is 0.644. The minimum atomic E-state index is -0.311. The summed E-state index contributed by atoms with van der Waals surface area (Å²) < 4.78 is 21.7. The van der Waals surface area contributed by atoms with Crippen molar-refractivity contribution >= 4 is 0 Å². The lowest BCUT2D eigenvalue weighted by Crippen LogP contribution is -2.57. The van der Waals surface area contributed by atoms with Crippen molar-refractivity contribution in [3.8, 4) is 0 Å². The van der Waals surface area contributed by atoms with Gasteiger partial charge in [0.2, 0.25) is 0 Å². The highest BCUT2D eigenvalue weighted by atomic mass is 16.8. The first-order valence-corrected chi connectivity index (χ1v) is 4.89. The van der Waals surface area contributed by atoms with E-state index in [9.17, 15) is 0 Å². The Bertz CT molecular complexity index is 190. The highest BCUT2D eigenvalue weighted by molar-refractivity contribution is 4.85. The molecule has 0 bridgehead atoms. The van der Waals surface area contributed by atoms with E-state index in [-0.39, 0.29) is 37.5 Å². The second-order valence-electron chi connectivity index (χ2n) is 3.60. The van der Waals surface area contributed by atoms with Crippen LogP contribution in [-0.4, -0.2) is 49.2 Å². The number of rotatable bonds is 1. The van der Waals surface area contributed by atoms with E-state index in [0.29, 0.717) is 6.61 Å². The fourth-order valence-corrected chi connectivity index (χ4v) is 1.87. The van der Waals surface area contributed by atoms with Gasteiger partial charge in [-0.1, -0.05) is 0 Å². The van der Waals surface area contributed by atoms with E-state index < -0.39 is 0 Å². The minimum Gasteiger partial charge on any atom is -0.394 e. The third kappa shape index (κ3) is 1.92. The van der Waals surface area contributed by atoms with Crippen LogP contribution in [0.15, 0.2) is 0 Å². The molecule has 0 aromatic carbocycles. The van der Waals surface area contributed by atoms with E-state index in [1.54, 1.807) is 6.92 Å². The van der Waals surface area contributed by atoms with Gasteiger partial charge in [-0.05, 0) is 13.8 Å². The van der Waals surface area contributed by atoms with E-state index in [1.807, 2.05) is 6.92 Å². The average molecular weight is 204 g/mol. The predicted octanol–water partition coefficient (Wildman–Crippen LogP) is -0.130. The monoisotopic (exact) mass is 204 g/mol. The van der Waals surface area contributed by atoms with Gasteiger partial charge in [-0.25, -0.2) is 0 Å². The molecule has 0 aromatic heterocycles. The molecule has 0 amide bonds. The molecule has 5 atom stereocenters. The number of hydrogen-bond acceptors (Lipinski definition) is 5. The maximum atomic E-state index is 9.13. The fraction of sp³-hybridized carbons (Fsp3) is 1.00. The first-order chi connectivity index (χ1) is 6.70. The van der Waals surface area contributed by atoms with Gasteiger partial charge >= 0.3 is 0 Å². The first kappa shape index (κ1) is 10.3. The van der Waals surface area contributed by atoms with Crippen LogP contribution in [0.25, 0.3) is 0 Å². The highest BCUT2D eigenvalue weighted by Crippen LogP contribution is 2.26. The lowest BCUT2D eigenvalue weighted by atomic mass is 10.1. The van der Waals surface area contributed by atoms with Gasteiger partial charge in [-0.2, -0.15) is 0 Å². The zero-order chi connectivity index (χ0) is 10.1. The summed E-state index contributed by atoms with van der Waals surface area (Å²) in [7, 11) is 0. The Morgan fingerprint density at radius 2 is 1.93 bits per heavy atom. The summed E-state index contributed by atoms with van der Waals surface area (Å²) in [4.78, 5) is 0. The van der Waals surface area contributed by atoms with Crippen LogP contribution in [0.2, 0.25) is 0 Å². The molecule has 2 fully saturated rings. The molecule has 1 N–H and O–H groups in total. The van der Waals surface area contributed by atoms with E-state index in [0.717, 1.165) is 0 Å². The number of fused-ring (bicyclic) bond motifs is 1. The highest BCUT2D eigenvalue weighted by Gasteiger charge is 2.42. The maximum absolute atomic E-state index is 9.13. The standard InChI is InChI=1S/C9H16O5/c1-5-11-4-8-9(14-5)7(3-10)12-6(2)13-8/h5-10H,3-4H2,1-2H3/t5-,6-,7-,8+,9+/m1/s1. The number of hydrogen-bond donors (Lipinski definition) is 1. The molecular weight excluding hydrogens is 188 g/mol. The summed E-state index contributed by atoms with van der Waals surface area (Å²) in [5, 5.41) is 9.13. The molecule has 0 saturated carbocycles. The molecular formula is C9H16O5. The molecule has 2 heterocycles.